The van der Waals surface area contributed by atoms with Crippen molar-refractivity contribution in [3.05, 3.63) is 63.5 Å². The van der Waals surface area contributed by atoms with Crippen LogP contribution in [0, 0.1) is 15.5 Å². The minimum atomic E-state index is -0.576. The lowest BCUT2D eigenvalue weighted by molar-refractivity contribution is -0.402. The number of furan rings is 1. The number of allylic oxidation sites excluding steroid dienone is 1. The lowest BCUT2D eigenvalue weighted by Crippen LogP contribution is -2.31. The molecule has 0 amide bonds. The summed E-state index contributed by atoms with van der Waals surface area (Å²) < 4.78 is 5.43. The van der Waals surface area contributed by atoms with Crippen LogP contribution in [0.25, 0.3) is 0 Å². The number of nitrogens with one attached hydrogen (secondary N) is 2. The molecular weight excluding hydrogens is 334 g/mol. The Balaban J connectivity index is 1.86. The maximum Gasteiger partial charge on any atom is 0.433 e. The van der Waals surface area contributed by atoms with E-state index in [0.717, 1.165) is 17.1 Å². The van der Waals surface area contributed by atoms with Crippen LogP contribution in [0.15, 0.2) is 52.1 Å². The first kappa shape index (κ1) is 16.4. The number of carbonyl (C=O) groups is 1. The maximum atomic E-state index is 13.0. The zero-order valence-corrected chi connectivity index (χ0v) is 14.5. The molecular formula is C19H19N3O4. The SMILES string of the molecule is CC1(C)CC(=O)C2=C(C1)Nc1ccccc1N[C@@H]2c1ccc([N+](=O)[O-])o1. The van der Waals surface area contributed by atoms with E-state index in [2.05, 4.69) is 24.5 Å². The van der Waals surface area contributed by atoms with E-state index in [0.29, 0.717) is 24.2 Å². The fourth-order valence-electron chi connectivity index (χ4n) is 3.70. The number of carbonyl (C=O) groups excluding carboxylic acids is 1. The van der Waals surface area contributed by atoms with Gasteiger partial charge < -0.3 is 15.1 Å². The Bertz CT molecular complexity index is 942. The van der Waals surface area contributed by atoms with Gasteiger partial charge in [-0.25, -0.2) is 0 Å². The fourth-order valence-corrected chi connectivity index (χ4v) is 3.70. The highest BCUT2D eigenvalue weighted by Crippen LogP contribution is 2.45. The number of hydrogen-bond acceptors (Lipinski definition) is 6. The van der Waals surface area contributed by atoms with Crippen LogP contribution >= 0.6 is 0 Å². The fraction of sp³-hybridized carbons (Fsp3) is 0.316. The quantitative estimate of drug-likeness (QED) is 0.613. The molecule has 0 saturated heterocycles. The molecule has 0 unspecified atom stereocenters. The van der Waals surface area contributed by atoms with E-state index in [1.54, 1.807) is 6.07 Å². The third kappa shape index (κ3) is 2.75. The Morgan fingerprint density at radius 3 is 2.58 bits per heavy atom. The zero-order valence-electron chi connectivity index (χ0n) is 14.5. The second-order valence-corrected chi connectivity index (χ2v) is 7.51. The Hall–Kier alpha value is -3.09. The molecule has 1 aromatic heterocycles. The van der Waals surface area contributed by atoms with Crippen molar-refractivity contribution in [2.45, 2.75) is 32.7 Å². The average Bonchev–Trinajstić information content (AvgIpc) is 2.98. The first-order chi connectivity index (χ1) is 12.3. The van der Waals surface area contributed by atoms with Gasteiger partial charge in [0.05, 0.1) is 17.4 Å². The van der Waals surface area contributed by atoms with Crippen molar-refractivity contribution in [3.8, 4) is 0 Å². The van der Waals surface area contributed by atoms with Gasteiger partial charge in [-0.1, -0.05) is 26.0 Å². The summed E-state index contributed by atoms with van der Waals surface area (Å²) in [5, 5.41) is 17.7. The predicted molar refractivity (Wildman–Crippen MR) is 96.8 cm³/mol. The van der Waals surface area contributed by atoms with Gasteiger partial charge in [-0.3, -0.25) is 14.9 Å². The van der Waals surface area contributed by atoms with E-state index in [1.165, 1.54) is 6.07 Å². The van der Waals surface area contributed by atoms with Crippen molar-refractivity contribution in [2.75, 3.05) is 10.6 Å². The van der Waals surface area contributed by atoms with Crippen molar-refractivity contribution in [1.29, 1.82) is 0 Å². The largest absolute Gasteiger partial charge is 0.433 e. The molecule has 2 heterocycles. The number of nitro groups is 1. The van der Waals surface area contributed by atoms with Crippen molar-refractivity contribution in [3.63, 3.8) is 0 Å². The molecule has 7 heteroatoms. The number of rotatable bonds is 2. The van der Waals surface area contributed by atoms with E-state index in [1.807, 2.05) is 24.3 Å². The van der Waals surface area contributed by atoms with Crippen LogP contribution in [0.4, 0.5) is 17.3 Å². The molecule has 2 N–H and O–H groups in total. The summed E-state index contributed by atoms with van der Waals surface area (Å²) in [7, 11) is 0. The minimum Gasteiger partial charge on any atom is -0.403 e. The molecule has 2 aromatic rings. The first-order valence-electron chi connectivity index (χ1n) is 8.47. The summed E-state index contributed by atoms with van der Waals surface area (Å²) in [6.45, 7) is 4.13. The van der Waals surface area contributed by atoms with Crippen LogP contribution < -0.4 is 10.6 Å². The predicted octanol–water partition coefficient (Wildman–Crippen LogP) is 4.41. The Labute approximate surface area is 150 Å². The van der Waals surface area contributed by atoms with E-state index in [-0.39, 0.29) is 17.1 Å². The van der Waals surface area contributed by atoms with Crippen molar-refractivity contribution in [1.82, 2.24) is 0 Å². The average molecular weight is 353 g/mol. The number of anilines is 2. The number of Topliss-reactive ketones (excluding diaryl/α,β-unsaturated/α-hetero) is 1. The van der Waals surface area contributed by atoms with Gasteiger partial charge in [-0.15, -0.1) is 0 Å². The van der Waals surface area contributed by atoms with Gasteiger partial charge in [-0.2, -0.15) is 0 Å². The van der Waals surface area contributed by atoms with Gasteiger partial charge in [0.15, 0.2) is 5.78 Å². The van der Waals surface area contributed by atoms with Gasteiger partial charge in [0.2, 0.25) is 0 Å². The number of para-hydroxylation sites is 2. The normalized spacial score (nSPS) is 21.2. The number of fused-ring (bicyclic) bond motifs is 1. The van der Waals surface area contributed by atoms with Crippen LogP contribution in [0.1, 0.15) is 38.5 Å². The van der Waals surface area contributed by atoms with Crippen LogP contribution in [0.2, 0.25) is 0 Å². The molecule has 2 aliphatic rings. The van der Waals surface area contributed by atoms with Crippen LogP contribution in [0.5, 0.6) is 0 Å². The minimum absolute atomic E-state index is 0.0214. The Morgan fingerprint density at radius 1 is 1.15 bits per heavy atom. The van der Waals surface area contributed by atoms with Crippen LogP contribution in [-0.2, 0) is 4.79 Å². The zero-order chi connectivity index (χ0) is 18.5. The maximum absolute atomic E-state index is 13.0. The summed E-state index contributed by atoms with van der Waals surface area (Å²) in [6, 6.07) is 9.96. The number of nitrogens with zero attached hydrogens (tertiary/aromatic N) is 1. The highest BCUT2D eigenvalue weighted by molar-refractivity contribution is 6.01. The lowest BCUT2D eigenvalue weighted by Gasteiger charge is -2.33. The molecule has 0 spiro atoms. The van der Waals surface area contributed by atoms with Crippen molar-refractivity contribution in [2.24, 2.45) is 5.41 Å². The molecule has 7 nitrogen and oxygen atoms in total. The van der Waals surface area contributed by atoms with Gasteiger partial charge in [-0.05, 0) is 30.0 Å². The molecule has 1 aliphatic carbocycles. The third-order valence-electron chi connectivity index (χ3n) is 4.80. The number of benzene rings is 1. The number of hydrogen-bond donors (Lipinski definition) is 2. The van der Waals surface area contributed by atoms with E-state index >= 15 is 0 Å². The molecule has 1 atom stereocenters. The van der Waals surface area contributed by atoms with Crippen LogP contribution in [0.3, 0.4) is 0 Å². The van der Waals surface area contributed by atoms with Crippen LogP contribution in [-0.4, -0.2) is 10.7 Å². The highest BCUT2D eigenvalue weighted by Gasteiger charge is 2.40. The number of ketones is 1. The second kappa shape index (κ2) is 5.72. The third-order valence-corrected chi connectivity index (χ3v) is 4.80. The Kier molecular flexibility index (Phi) is 3.61. The molecule has 0 bridgehead atoms. The van der Waals surface area contributed by atoms with Gasteiger partial charge >= 0.3 is 5.88 Å². The highest BCUT2D eigenvalue weighted by atomic mass is 16.6. The Morgan fingerprint density at radius 2 is 1.88 bits per heavy atom. The summed E-state index contributed by atoms with van der Waals surface area (Å²) in [5.41, 5.74) is 2.96. The van der Waals surface area contributed by atoms with E-state index in [9.17, 15) is 14.9 Å². The lowest BCUT2D eigenvalue weighted by atomic mass is 9.74. The standard InChI is InChI=1S/C19H19N3O4/c1-19(2)9-13-17(14(23)10-19)18(15-7-8-16(26-15)22(24)25)21-12-6-4-3-5-11(12)20-13/h3-8,18,20-21H,9-10H2,1-2H3/t18-/m1/s1. The molecule has 4 rings (SSSR count). The van der Waals surface area contributed by atoms with E-state index < -0.39 is 11.0 Å². The van der Waals surface area contributed by atoms with E-state index in [4.69, 9.17) is 4.42 Å². The molecule has 26 heavy (non-hydrogen) atoms. The first-order valence-corrected chi connectivity index (χ1v) is 8.47. The summed E-state index contributed by atoms with van der Waals surface area (Å²) >= 11 is 0. The smallest absolute Gasteiger partial charge is 0.403 e. The monoisotopic (exact) mass is 353 g/mol. The van der Waals surface area contributed by atoms with Crippen molar-refractivity contribution >= 4 is 23.0 Å². The molecule has 0 saturated carbocycles. The second-order valence-electron chi connectivity index (χ2n) is 7.51. The molecule has 0 fully saturated rings. The summed E-state index contributed by atoms with van der Waals surface area (Å²) in [6.07, 6.45) is 1.13. The summed E-state index contributed by atoms with van der Waals surface area (Å²) in [5.74, 6) is 0.0434. The van der Waals surface area contributed by atoms with Crippen molar-refractivity contribution < 1.29 is 14.1 Å². The molecule has 1 aromatic carbocycles. The molecule has 1 aliphatic heterocycles. The molecule has 0 radical (unpaired) electrons. The molecule has 134 valence electrons. The van der Waals surface area contributed by atoms with Gasteiger partial charge in [0, 0.05) is 17.7 Å². The topological polar surface area (TPSA) is 97.4 Å². The van der Waals surface area contributed by atoms with Gasteiger partial charge in [0.1, 0.15) is 16.7 Å². The summed E-state index contributed by atoms with van der Waals surface area (Å²) in [4.78, 5) is 23.4. The van der Waals surface area contributed by atoms with Gasteiger partial charge in [0.25, 0.3) is 0 Å².